The fraction of sp³-hybridized carbons (Fsp3) is 0.733. The molecule has 1 N–H and O–H groups in total. The Balaban J connectivity index is 2.58. The van der Waals surface area contributed by atoms with Crippen molar-refractivity contribution in [1.82, 2.24) is 10.2 Å². The molecule has 0 spiro atoms. The molecule has 112 valence electrons. The lowest BCUT2D eigenvalue weighted by Crippen LogP contribution is -2.49. The van der Waals surface area contributed by atoms with Crippen LogP contribution in [0.15, 0.2) is 0 Å². The fourth-order valence-electron chi connectivity index (χ4n) is 2.62. The Hall–Kier alpha value is -1.54. The average Bonchev–Trinajstić information content (AvgIpc) is 2.59. The molecule has 0 unspecified atom stereocenters. The van der Waals surface area contributed by atoms with Crippen LogP contribution in [0.25, 0.3) is 0 Å². The molecule has 1 aliphatic rings. The van der Waals surface area contributed by atoms with E-state index in [1.165, 1.54) is 4.90 Å². The van der Waals surface area contributed by atoms with E-state index in [9.17, 15) is 9.59 Å². The molecule has 0 aromatic heterocycles. The highest BCUT2D eigenvalue weighted by atomic mass is 16.2. The monoisotopic (exact) mass is 280 g/mol. The molecule has 1 fully saturated rings. The minimum absolute atomic E-state index is 0.148. The zero-order chi connectivity index (χ0) is 15.4. The number of terminal acetylenes is 1. The van der Waals surface area contributed by atoms with E-state index < -0.39 is 5.54 Å². The normalized spacial score (nSPS) is 18.1. The van der Waals surface area contributed by atoms with Gasteiger partial charge in [0.25, 0.3) is 5.91 Å². The van der Waals surface area contributed by atoms with Gasteiger partial charge >= 0.3 is 6.03 Å². The summed E-state index contributed by atoms with van der Waals surface area (Å²) in [5, 5.41) is 2.69. The van der Waals surface area contributed by atoms with Gasteiger partial charge in [0.1, 0.15) is 12.1 Å². The standard InChI is InChI=1S/C15H25N3O2/c1-6-11-18(7-2,8-3)12-9-10-17-13(19)15(4,5)16-14(17)20/h1H,7-12H2,2-5H3/p+1. The molecule has 20 heavy (non-hydrogen) atoms. The average molecular weight is 280 g/mol. The van der Waals surface area contributed by atoms with Crippen molar-refractivity contribution in [3.8, 4) is 12.3 Å². The second kappa shape index (κ2) is 6.27. The summed E-state index contributed by atoms with van der Waals surface area (Å²) in [6, 6.07) is -0.289. The van der Waals surface area contributed by atoms with Gasteiger partial charge in [-0.3, -0.25) is 9.69 Å². The van der Waals surface area contributed by atoms with Crippen LogP contribution >= 0.6 is 0 Å². The predicted molar refractivity (Wildman–Crippen MR) is 78.9 cm³/mol. The molecule has 0 radical (unpaired) electrons. The number of amides is 3. The predicted octanol–water partition coefficient (Wildman–Crippen LogP) is 1.20. The molecular formula is C15H26N3O2+. The van der Waals surface area contributed by atoms with Gasteiger partial charge in [-0.05, 0) is 33.6 Å². The zero-order valence-electron chi connectivity index (χ0n) is 13.0. The molecular weight excluding hydrogens is 254 g/mol. The van der Waals surface area contributed by atoms with E-state index in [1.807, 2.05) is 0 Å². The minimum Gasteiger partial charge on any atom is -0.324 e. The van der Waals surface area contributed by atoms with Crippen LogP contribution in [0.4, 0.5) is 4.79 Å². The number of carbonyl (C=O) groups is 2. The van der Waals surface area contributed by atoms with Crippen LogP contribution < -0.4 is 5.32 Å². The van der Waals surface area contributed by atoms with E-state index in [1.54, 1.807) is 13.8 Å². The molecule has 0 aliphatic carbocycles. The Morgan fingerprint density at radius 2 is 1.90 bits per heavy atom. The number of urea groups is 1. The van der Waals surface area contributed by atoms with Gasteiger partial charge in [-0.1, -0.05) is 0 Å². The first kappa shape index (κ1) is 16.5. The van der Waals surface area contributed by atoms with Crippen molar-refractivity contribution >= 4 is 11.9 Å². The molecule has 1 aliphatic heterocycles. The summed E-state index contributed by atoms with van der Waals surface area (Å²) in [4.78, 5) is 25.2. The Labute approximate surface area is 121 Å². The molecule has 0 bridgehead atoms. The lowest BCUT2D eigenvalue weighted by Gasteiger charge is -2.35. The van der Waals surface area contributed by atoms with Gasteiger partial charge in [0, 0.05) is 13.0 Å². The maximum Gasteiger partial charge on any atom is 0.325 e. The zero-order valence-corrected chi connectivity index (χ0v) is 13.0. The van der Waals surface area contributed by atoms with Crippen molar-refractivity contribution in [3.05, 3.63) is 0 Å². The first-order valence-electron chi connectivity index (χ1n) is 7.24. The van der Waals surface area contributed by atoms with Gasteiger partial charge in [0.2, 0.25) is 0 Å². The summed E-state index contributed by atoms with van der Waals surface area (Å²) in [5.74, 6) is 2.58. The quantitative estimate of drug-likeness (QED) is 0.433. The van der Waals surface area contributed by atoms with Gasteiger partial charge in [-0.2, -0.15) is 0 Å². The number of rotatable bonds is 7. The maximum atomic E-state index is 12.1. The molecule has 1 heterocycles. The Bertz CT molecular complexity index is 419. The largest absolute Gasteiger partial charge is 0.325 e. The Kier molecular flexibility index (Phi) is 5.18. The first-order chi connectivity index (χ1) is 9.32. The van der Waals surface area contributed by atoms with E-state index in [0.717, 1.165) is 30.5 Å². The van der Waals surface area contributed by atoms with Crippen molar-refractivity contribution in [1.29, 1.82) is 0 Å². The first-order valence-corrected chi connectivity index (χ1v) is 7.24. The summed E-state index contributed by atoms with van der Waals surface area (Å²) in [6.07, 6.45) is 6.22. The number of nitrogens with one attached hydrogen (secondary N) is 1. The van der Waals surface area contributed by atoms with Crippen LogP contribution in [0.5, 0.6) is 0 Å². The van der Waals surface area contributed by atoms with E-state index in [2.05, 4.69) is 25.1 Å². The minimum atomic E-state index is -0.780. The highest BCUT2D eigenvalue weighted by Crippen LogP contribution is 2.17. The molecule has 0 aromatic rings. The van der Waals surface area contributed by atoms with Crippen LogP contribution in [0.2, 0.25) is 0 Å². The number of carbonyl (C=O) groups excluding carboxylic acids is 2. The molecule has 5 heteroatoms. The third-order valence-electron chi connectivity index (χ3n) is 4.23. The third kappa shape index (κ3) is 3.31. The Morgan fingerprint density at radius 3 is 2.30 bits per heavy atom. The maximum absolute atomic E-state index is 12.1. The topological polar surface area (TPSA) is 49.4 Å². The summed E-state index contributed by atoms with van der Waals surface area (Å²) >= 11 is 0. The van der Waals surface area contributed by atoms with Gasteiger partial charge in [0.15, 0.2) is 0 Å². The second-order valence-corrected chi connectivity index (χ2v) is 5.93. The van der Waals surface area contributed by atoms with Gasteiger partial charge < -0.3 is 9.80 Å². The molecule has 1 rings (SSSR count). The highest BCUT2D eigenvalue weighted by molar-refractivity contribution is 6.06. The number of quaternary nitrogens is 1. The summed E-state index contributed by atoms with van der Waals surface area (Å²) in [6.45, 7) is 11.7. The van der Waals surface area contributed by atoms with Crippen molar-refractivity contribution < 1.29 is 14.1 Å². The third-order valence-corrected chi connectivity index (χ3v) is 4.23. The molecule has 0 saturated carbocycles. The smallest absolute Gasteiger partial charge is 0.324 e. The second-order valence-electron chi connectivity index (χ2n) is 5.93. The lowest BCUT2D eigenvalue weighted by atomic mass is 10.1. The highest BCUT2D eigenvalue weighted by Gasteiger charge is 2.44. The summed E-state index contributed by atoms with van der Waals surface area (Å²) in [7, 11) is 0. The van der Waals surface area contributed by atoms with Crippen LogP contribution in [-0.2, 0) is 4.79 Å². The van der Waals surface area contributed by atoms with E-state index in [4.69, 9.17) is 6.42 Å². The van der Waals surface area contributed by atoms with Crippen LogP contribution in [-0.4, -0.2) is 59.6 Å². The van der Waals surface area contributed by atoms with Crippen LogP contribution in [0.3, 0.4) is 0 Å². The van der Waals surface area contributed by atoms with E-state index in [-0.39, 0.29) is 11.9 Å². The van der Waals surface area contributed by atoms with Crippen molar-refractivity contribution in [2.45, 2.75) is 39.7 Å². The van der Waals surface area contributed by atoms with Crippen molar-refractivity contribution in [2.75, 3.05) is 32.7 Å². The van der Waals surface area contributed by atoms with Crippen LogP contribution in [0, 0.1) is 12.3 Å². The van der Waals surface area contributed by atoms with Gasteiger partial charge in [-0.15, -0.1) is 6.42 Å². The summed E-state index contributed by atoms with van der Waals surface area (Å²) < 4.78 is 0.837. The lowest BCUT2D eigenvalue weighted by molar-refractivity contribution is -0.918. The van der Waals surface area contributed by atoms with Crippen LogP contribution in [0.1, 0.15) is 34.1 Å². The molecule has 3 amide bonds. The van der Waals surface area contributed by atoms with Gasteiger partial charge in [0.05, 0.1) is 19.6 Å². The number of nitrogens with zero attached hydrogens (tertiary/aromatic N) is 2. The fourth-order valence-corrected chi connectivity index (χ4v) is 2.62. The van der Waals surface area contributed by atoms with Gasteiger partial charge in [-0.25, -0.2) is 4.79 Å². The number of hydrogen-bond donors (Lipinski definition) is 1. The van der Waals surface area contributed by atoms with E-state index >= 15 is 0 Å². The SMILES string of the molecule is C#CC[N+](CC)(CC)CCCN1C(=O)NC(C)(C)C1=O. The molecule has 1 saturated heterocycles. The van der Waals surface area contributed by atoms with Crippen molar-refractivity contribution in [2.24, 2.45) is 0 Å². The number of hydrogen-bond acceptors (Lipinski definition) is 2. The summed E-state index contributed by atoms with van der Waals surface area (Å²) in [5.41, 5.74) is -0.780. The Morgan fingerprint density at radius 1 is 1.30 bits per heavy atom. The molecule has 0 atom stereocenters. The number of imide groups is 1. The van der Waals surface area contributed by atoms with E-state index in [0.29, 0.717) is 13.1 Å². The molecule has 0 aromatic carbocycles. The molecule has 5 nitrogen and oxygen atoms in total. The van der Waals surface area contributed by atoms with Crippen molar-refractivity contribution in [3.63, 3.8) is 0 Å².